The van der Waals surface area contributed by atoms with Crippen LogP contribution in [0.1, 0.15) is 12.5 Å². The Balaban J connectivity index is 0.00000220. The summed E-state index contributed by atoms with van der Waals surface area (Å²) in [6.07, 6.45) is 0.471. The first-order chi connectivity index (χ1) is 9.59. The third kappa shape index (κ3) is 4.41. The van der Waals surface area contributed by atoms with Gasteiger partial charge in [0.1, 0.15) is 0 Å². The van der Waals surface area contributed by atoms with Crippen molar-refractivity contribution in [3.63, 3.8) is 0 Å². The highest BCUT2D eigenvalue weighted by Crippen LogP contribution is 2.18. The fourth-order valence-corrected chi connectivity index (χ4v) is 2.26. The molecule has 1 aliphatic rings. The zero-order chi connectivity index (χ0) is 14.5. The number of para-hydroxylation sites is 1. The third-order valence-electron chi connectivity index (χ3n) is 3.82. The molecule has 0 saturated carbocycles. The van der Waals surface area contributed by atoms with Crippen molar-refractivity contribution in [2.24, 2.45) is 11.8 Å². The van der Waals surface area contributed by atoms with E-state index in [0.717, 1.165) is 13.1 Å². The molecule has 7 heteroatoms. The van der Waals surface area contributed by atoms with E-state index in [1.807, 2.05) is 6.92 Å². The molecule has 1 aliphatic heterocycles. The molecule has 0 bridgehead atoms. The average molecular weight is 314 g/mol. The summed E-state index contributed by atoms with van der Waals surface area (Å²) >= 11 is 0. The molecule has 1 unspecified atom stereocenters. The molecule has 1 fully saturated rings. The molecule has 0 radical (unpaired) electrons. The lowest BCUT2D eigenvalue weighted by molar-refractivity contribution is -0.385. The highest BCUT2D eigenvalue weighted by Gasteiger charge is 2.28. The molecule has 6 nitrogen and oxygen atoms in total. The van der Waals surface area contributed by atoms with Gasteiger partial charge in [0.15, 0.2) is 0 Å². The van der Waals surface area contributed by atoms with Gasteiger partial charge in [-0.05, 0) is 25.4 Å². The summed E-state index contributed by atoms with van der Waals surface area (Å²) in [6.45, 7) is 4.12. The van der Waals surface area contributed by atoms with Crippen LogP contribution in [0.15, 0.2) is 24.3 Å². The van der Waals surface area contributed by atoms with E-state index in [0.29, 0.717) is 24.4 Å². The van der Waals surface area contributed by atoms with E-state index in [9.17, 15) is 14.9 Å². The van der Waals surface area contributed by atoms with Gasteiger partial charge in [0.2, 0.25) is 5.91 Å². The molecule has 0 aliphatic carbocycles. The van der Waals surface area contributed by atoms with Crippen molar-refractivity contribution < 1.29 is 9.72 Å². The molecule has 1 aromatic rings. The van der Waals surface area contributed by atoms with Gasteiger partial charge in [0.05, 0.1) is 4.92 Å². The molecule has 1 saturated heterocycles. The van der Waals surface area contributed by atoms with Crippen LogP contribution < -0.4 is 10.6 Å². The standard InChI is InChI=1S/C14H19N3O3.ClH/c1-10(12-8-15-9-12)14(18)16-7-6-11-4-2-3-5-13(11)17(19)20;/h2-5,10,12,15H,6-9H2,1H3,(H,16,18);1H. The van der Waals surface area contributed by atoms with E-state index in [2.05, 4.69) is 10.6 Å². The van der Waals surface area contributed by atoms with Gasteiger partial charge in [-0.1, -0.05) is 25.1 Å². The van der Waals surface area contributed by atoms with Crippen LogP contribution in [0.25, 0.3) is 0 Å². The number of rotatable bonds is 6. The van der Waals surface area contributed by atoms with Crippen molar-refractivity contribution in [2.45, 2.75) is 13.3 Å². The number of carbonyl (C=O) groups excluding carboxylic acids is 1. The van der Waals surface area contributed by atoms with Crippen molar-refractivity contribution in [1.82, 2.24) is 10.6 Å². The largest absolute Gasteiger partial charge is 0.356 e. The van der Waals surface area contributed by atoms with E-state index in [-0.39, 0.29) is 34.8 Å². The summed E-state index contributed by atoms with van der Waals surface area (Å²) in [5, 5.41) is 16.9. The second kappa shape index (κ2) is 7.95. The minimum Gasteiger partial charge on any atom is -0.356 e. The third-order valence-corrected chi connectivity index (χ3v) is 3.82. The van der Waals surface area contributed by atoms with Gasteiger partial charge in [-0.15, -0.1) is 12.4 Å². The summed E-state index contributed by atoms with van der Waals surface area (Å²) in [5.41, 5.74) is 0.758. The molecule has 1 amide bonds. The quantitative estimate of drug-likeness (QED) is 0.616. The normalized spacial score (nSPS) is 15.5. The van der Waals surface area contributed by atoms with Crippen LogP contribution in [0.3, 0.4) is 0 Å². The van der Waals surface area contributed by atoms with Crippen molar-refractivity contribution in [1.29, 1.82) is 0 Å². The van der Waals surface area contributed by atoms with E-state index >= 15 is 0 Å². The zero-order valence-electron chi connectivity index (χ0n) is 11.9. The van der Waals surface area contributed by atoms with E-state index in [1.54, 1.807) is 18.2 Å². The Morgan fingerprint density at radius 1 is 1.48 bits per heavy atom. The fraction of sp³-hybridized carbons (Fsp3) is 0.500. The fourth-order valence-electron chi connectivity index (χ4n) is 2.26. The number of amides is 1. The van der Waals surface area contributed by atoms with Crippen molar-refractivity contribution >= 4 is 24.0 Å². The number of halogens is 1. The van der Waals surface area contributed by atoms with Gasteiger partial charge in [-0.2, -0.15) is 0 Å². The van der Waals surface area contributed by atoms with Crippen molar-refractivity contribution in [2.75, 3.05) is 19.6 Å². The lowest BCUT2D eigenvalue weighted by Gasteiger charge is -2.31. The number of benzene rings is 1. The Hall–Kier alpha value is -1.66. The van der Waals surface area contributed by atoms with Crippen LogP contribution in [0, 0.1) is 22.0 Å². The van der Waals surface area contributed by atoms with E-state index < -0.39 is 0 Å². The molecule has 116 valence electrons. The first-order valence-electron chi connectivity index (χ1n) is 6.80. The number of hydrogen-bond acceptors (Lipinski definition) is 4. The van der Waals surface area contributed by atoms with E-state index in [4.69, 9.17) is 0 Å². The molecule has 2 rings (SSSR count). The van der Waals surface area contributed by atoms with Crippen molar-refractivity contribution in [3.05, 3.63) is 39.9 Å². The second-order valence-electron chi connectivity index (χ2n) is 5.13. The average Bonchev–Trinajstić information content (AvgIpc) is 2.36. The number of nitrogens with zero attached hydrogens (tertiary/aromatic N) is 1. The summed E-state index contributed by atoms with van der Waals surface area (Å²) in [7, 11) is 0. The summed E-state index contributed by atoms with van der Waals surface area (Å²) in [5.74, 6) is 0.415. The van der Waals surface area contributed by atoms with Crippen LogP contribution in [-0.4, -0.2) is 30.5 Å². The van der Waals surface area contributed by atoms with Crippen LogP contribution in [-0.2, 0) is 11.2 Å². The number of nitro benzene ring substituents is 1. The number of nitro groups is 1. The van der Waals surface area contributed by atoms with Gasteiger partial charge in [0, 0.05) is 24.1 Å². The summed E-state index contributed by atoms with van der Waals surface area (Å²) in [6, 6.07) is 6.63. The minimum atomic E-state index is -0.389. The Kier molecular flexibility index (Phi) is 6.58. The topological polar surface area (TPSA) is 84.3 Å². The van der Waals surface area contributed by atoms with Crippen molar-refractivity contribution in [3.8, 4) is 0 Å². The second-order valence-corrected chi connectivity index (χ2v) is 5.13. The highest BCUT2D eigenvalue weighted by atomic mass is 35.5. The number of nitrogens with one attached hydrogen (secondary N) is 2. The van der Waals surface area contributed by atoms with Gasteiger partial charge in [0.25, 0.3) is 5.69 Å². The molecular weight excluding hydrogens is 294 g/mol. The molecule has 2 N–H and O–H groups in total. The summed E-state index contributed by atoms with van der Waals surface area (Å²) in [4.78, 5) is 22.4. The Morgan fingerprint density at radius 3 is 2.71 bits per heavy atom. The summed E-state index contributed by atoms with van der Waals surface area (Å²) < 4.78 is 0. The molecule has 0 spiro atoms. The monoisotopic (exact) mass is 313 g/mol. The molecule has 21 heavy (non-hydrogen) atoms. The predicted octanol–water partition coefficient (Wildman–Crippen LogP) is 1.53. The van der Waals surface area contributed by atoms with Gasteiger partial charge in [-0.3, -0.25) is 14.9 Å². The maximum Gasteiger partial charge on any atom is 0.272 e. The minimum absolute atomic E-state index is 0. The van der Waals surface area contributed by atoms with E-state index in [1.165, 1.54) is 6.07 Å². The van der Waals surface area contributed by atoms with Crippen LogP contribution in [0.4, 0.5) is 5.69 Å². The maximum atomic E-state index is 11.9. The molecule has 1 atom stereocenters. The molecule has 1 aromatic carbocycles. The van der Waals surface area contributed by atoms with Crippen LogP contribution in [0.2, 0.25) is 0 Å². The maximum absolute atomic E-state index is 11.9. The number of hydrogen-bond donors (Lipinski definition) is 2. The lowest BCUT2D eigenvalue weighted by Crippen LogP contribution is -2.49. The van der Waals surface area contributed by atoms with Crippen LogP contribution in [0.5, 0.6) is 0 Å². The smallest absolute Gasteiger partial charge is 0.272 e. The zero-order valence-corrected chi connectivity index (χ0v) is 12.7. The van der Waals surface area contributed by atoms with Gasteiger partial charge >= 0.3 is 0 Å². The highest BCUT2D eigenvalue weighted by molar-refractivity contribution is 5.85. The molecular formula is C14H20ClN3O3. The molecule has 0 aromatic heterocycles. The first kappa shape index (κ1) is 17.4. The predicted molar refractivity (Wildman–Crippen MR) is 82.6 cm³/mol. The van der Waals surface area contributed by atoms with Crippen LogP contribution >= 0.6 is 12.4 Å². The molecule has 1 heterocycles. The Labute approximate surface area is 129 Å². The Bertz CT molecular complexity index is 506. The Morgan fingerprint density at radius 2 is 2.14 bits per heavy atom. The SMILES string of the molecule is CC(C(=O)NCCc1ccccc1[N+](=O)[O-])C1CNC1.Cl. The van der Waals surface area contributed by atoms with Gasteiger partial charge in [-0.25, -0.2) is 0 Å². The van der Waals surface area contributed by atoms with Gasteiger partial charge < -0.3 is 10.6 Å². The first-order valence-corrected chi connectivity index (χ1v) is 6.80. The lowest BCUT2D eigenvalue weighted by atomic mass is 9.88. The number of carbonyl (C=O) groups is 1.